The van der Waals surface area contributed by atoms with Crippen LogP contribution in [0.5, 0.6) is 0 Å². The predicted molar refractivity (Wildman–Crippen MR) is 66.7 cm³/mol. The van der Waals surface area contributed by atoms with Crippen LogP contribution in [0.15, 0.2) is 29.4 Å². The second kappa shape index (κ2) is 4.28. The molecule has 0 aromatic heterocycles. The van der Waals surface area contributed by atoms with Crippen LogP contribution in [0.2, 0.25) is 5.02 Å². The lowest BCUT2D eigenvalue weighted by atomic mass is 9.94. The second-order valence-electron chi connectivity index (χ2n) is 4.74. The fourth-order valence-electron chi connectivity index (χ4n) is 2.71. The van der Waals surface area contributed by atoms with Crippen LogP contribution in [0, 0.1) is 11.8 Å². The molecule has 1 aliphatic carbocycles. The number of carbonyl (C=O) groups is 1. The summed E-state index contributed by atoms with van der Waals surface area (Å²) < 4.78 is 0. The van der Waals surface area contributed by atoms with Gasteiger partial charge in [-0.25, -0.2) is 0 Å². The highest BCUT2D eigenvalue weighted by Gasteiger charge is 2.45. The first-order chi connectivity index (χ1) is 8.65. The van der Waals surface area contributed by atoms with E-state index in [0.717, 1.165) is 11.3 Å². The van der Waals surface area contributed by atoms with Gasteiger partial charge >= 0.3 is 5.97 Å². The summed E-state index contributed by atoms with van der Waals surface area (Å²) in [5.41, 5.74) is 1.74. The Kier molecular flexibility index (Phi) is 2.74. The van der Waals surface area contributed by atoms with Crippen molar-refractivity contribution in [2.75, 3.05) is 0 Å². The minimum Gasteiger partial charge on any atom is -0.481 e. The number of halogens is 1. The molecule has 0 radical (unpaired) electrons. The first-order valence-corrected chi connectivity index (χ1v) is 6.25. The number of hydrogen-bond donors (Lipinski definition) is 1. The molecule has 1 fully saturated rings. The fraction of sp³-hybridized carbons (Fsp3) is 0.385. The first kappa shape index (κ1) is 11.5. The molecule has 4 nitrogen and oxygen atoms in total. The van der Waals surface area contributed by atoms with Crippen molar-refractivity contribution in [1.82, 2.24) is 0 Å². The van der Waals surface area contributed by atoms with Gasteiger partial charge in [0.1, 0.15) is 6.10 Å². The van der Waals surface area contributed by atoms with Crippen molar-refractivity contribution in [3.05, 3.63) is 34.9 Å². The predicted octanol–water partition coefficient (Wildman–Crippen LogP) is 2.55. The average Bonchev–Trinajstić information content (AvgIpc) is 2.87. The Morgan fingerprint density at radius 1 is 1.44 bits per heavy atom. The molecule has 2 aliphatic rings. The minimum absolute atomic E-state index is 0.0737. The molecule has 1 aromatic rings. The molecule has 5 heteroatoms. The van der Waals surface area contributed by atoms with Crippen LogP contribution in [0.4, 0.5) is 0 Å². The summed E-state index contributed by atoms with van der Waals surface area (Å²) in [7, 11) is 0. The Balaban J connectivity index is 1.85. The van der Waals surface area contributed by atoms with Gasteiger partial charge < -0.3 is 9.94 Å². The summed E-state index contributed by atoms with van der Waals surface area (Å²) in [5.74, 6) is -1.01. The molecule has 0 amide bonds. The van der Waals surface area contributed by atoms with Gasteiger partial charge in [-0.05, 0) is 18.6 Å². The highest BCUT2D eigenvalue weighted by molar-refractivity contribution is 6.31. The van der Waals surface area contributed by atoms with Gasteiger partial charge in [0.15, 0.2) is 0 Å². The number of nitrogens with zero attached hydrogens (tertiary/aromatic N) is 1. The van der Waals surface area contributed by atoms with Gasteiger partial charge in [-0.2, -0.15) is 0 Å². The zero-order valence-electron chi connectivity index (χ0n) is 9.54. The molecule has 18 heavy (non-hydrogen) atoms. The molecule has 0 spiro atoms. The van der Waals surface area contributed by atoms with E-state index in [1.165, 1.54) is 0 Å². The number of aliphatic carboxylic acids is 1. The van der Waals surface area contributed by atoms with E-state index < -0.39 is 5.97 Å². The third-order valence-electron chi connectivity index (χ3n) is 3.61. The highest BCUT2D eigenvalue weighted by Crippen LogP contribution is 2.40. The van der Waals surface area contributed by atoms with E-state index in [9.17, 15) is 4.79 Å². The summed E-state index contributed by atoms with van der Waals surface area (Å²) in [6.45, 7) is 0. The molecule has 3 atom stereocenters. The molecule has 1 aromatic carbocycles. The summed E-state index contributed by atoms with van der Waals surface area (Å²) in [4.78, 5) is 16.4. The van der Waals surface area contributed by atoms with E-state index >= 15 is 0 Å². The van der Waals surface area contributed by atoms with E-state index in [0.29, 0.717) is 17.9 Å². The largest absolute Gasteiger partial charge is 0.481 e. The van der Waals surface area contributed by atoms with Crippen LogP contribution >= 0.6 is 11.6 Å². The van der Waals surface area contributed by atoms with E-state index in [1.54, 1.807) is 6.07 Å². The topological polar surface area (TPSA) is 58.9 Å². The van der Waals surface area contributed by atoms with E-state index in [-0.39, 0.29) is 17.9 Å². The maximum atomic E-state index is 11.0. The Labute approximate surface area is 109 Å². The van der Waals surface area contributed by atoms with Crippen molar-refractivity contribution >= 4 is 23.3 Å². The Morgan fingerprint density at radius 2 is 2.28 bits per heavy atom. The monoisotopic (exact) mass is 265 g/mol. The molecule has 3 rings (SSSR count). The molecule has 0 bridgehead atoms. The quantitative estimate of drug-likeness (QED) is 0.894. The van der Waals surface area contributed by atoms with Gasteiger partial charge in [0.2, 0.25) is 0 Å². The Bertz CT molecular complexity index is 529. The van der Waals surface area contributed by atoms with E-state index in [2.05, 4.69) is 5.16 Å². The van der Waals surface area contributed by atoms with Crippen LogP contribution in [0.1, 0.15) is 18.4 Å². The van der Waals surface area contributed by atoms with Crippen molar-refractivity contribution < 1.29 is 14.7 Å². The minimum atomic E-state index is -0.751. The lowest BCUT2D eigenvalue weighted by Gasteiger charge is -2.08. The van der Waals surface area contributed by atoms with Crippen molar-refractivity contribution in [2.24, 2.45) is 17.0 Å². The SMILES string of the molecule is O=C(O)C1CC2ON=C(c3cccc(Cl)c3)C2C1. The normalized spacial score (nSPS) is 29.6. The van der Waals surface area contributed by atoms with Crippen molar-refractivity contribution in [3.63, 3.8) is 0 Å². The Hall–Kier alpha value is -1.55. The maximum absolute atomic E-state index is 11.0. The molecular weight excluding hydrogens is 254 g/mol. The highest BCUT2D eigenvalue weighted by atomic mass is 35.5. The number of oxime groups is 1. The standard InChI is InChI=1S/C13H12ClNO3/c14-9-3-1-2-7(4-9)12-10-5-8(13(16)17)6-11(10)18-15-12/h1-4,8,10-11H,5-6H2,(H,16,17). The van der Waals surface area contributed by atoms with Crippen LogP contribution in [0.25, 0.3) is 0 Å². The number of fused-ring (bicyclic) bond motifs is 1. The van der Waals surface area contributed by atoms with Gasteiger partial charge in [0.05, 0.1) is 11.6 Å². The molecule has 1 aliphatic heterocycles. The lowest BCUT2D eigenvalue weighted by Crippen LogP contribution is -2.17. The number of rotatable bonds is 2. The molecular formula is C13H12ClNO3. The average molecular weight is 266 g/mol. The molecule has 94 valence electrons. The zero-order valence-corrected chi connectivity index (χ0v) is 10.3. The van der Waals surface area contributed by atoms with Gasteiger partial charge in [0, 0.05) is 22.9 Å². The number of benzene rings is 1. The maximum Gasteiger partial charge on any atom is 0.306 e. The smallest absolute Gasteiger partial charge is 0.306 e. The van der Waals surface area contributed by atoms with Crippen molar-refractivity contribution in [3.8, 4) is 0 Å². The summed E-state index contributed by atoms with van der Waals surface area (Å²) in [5, 5.41) is 13.8. The zero-order chi connectivity index (χ0) is 12.7. The fourth-order valence-corrected chi connectivity index (χ4v) is 2.90. The van der Waals surface area contributed by atoms with Crippen LogP contribution in [0.3, 0.4) is 0 Å². The second-order valence-corrected chi connectivity index (χ2v) is 5.18. The summed E-state index contributed by atoms with van der Waals surface area (Å²) in [6.07, 6.45) is 1.03. The number of carboxylic acid groups (broad SMARTS) is 1. The van der Waals surface area contributed by atoms with Crippen molar-refractivity contribution in [2.45, 2.75) is 18.9 Å². The Morgan fingerprint density at radius 3 is 3.00 bits per heavy atom. The molecule has 3 unspecified atom stereocenters. The number of carboxylic acids is 1. The lowest BCUT2D eigenvalue weighted by molar-refractivity contribution is -0.141. The number of hydrogen-bond acceptors (Lipinski definition) is 3. The molecule has 1 N–H and O–H groups in total. The van der Waals surface area contributed by atoms with Crippen LogP contribution in [-0.2, 0) is 9.63 Å². The van der Waals surface area contributed by atoms with Gasteiger partial charge in [0.25, 0.3) is 0 Å². The van der Waals surface area contributed by atoms with Gasteiger partial charge in [-0.3, -0.25) is 4.79 Å². The van der Waals surface area contributed by atoms with E-state index in [4.69, 9.17) is 21.5 Å². The molecule has 1 heterocycles. The summed E-state index contributed by atoms with van der Waals surface area (Å²) in [6, 6.07) is 7.41. The summed E-state index contributed by atoms with van der Waals surface area (Å²) >= 11 is 5.96. The third-order valence-corrected chi connectivity index (χ3v) is 3.85. The molecule has 1 saturated carbocycles. The first-order valence-electron chi connectivity index (χ1n) is 5.87. The van der Waals surface area contributed by atoms with Gasteiger partial charge in [-0.1, -0.05) is 28.9 Å². The third kappa shape index (κ3) is 1.86. The van der Waals surface area contributed by atoms with Crippen molar-refractivity contribution in [1.29, 1.82) is 0 Å². The van der Waals surface area contributed by atoms with Crippen LogP contribution in [-0.4, -0.2) is 22.9 Å². The van der Waals surface area contributed by atoms with E-state index in [1.807, 2.05) is 18.2 Å². The van der Waals surface area contributed by atoms with Gasteiger partial charge in [-0.15, -0.1) is 0 Å². The van der Waals surface area contributed by atoms with Crippen LogP contribution < -0.4 is 0 Å². The molecule has 0 saturated heterocycles.